The van der Waals surface area contributed by atoms with E-state index in [1.807, 2.05) is 0 Å². The van der Waals surface area contributed by atoms with E-state index in [-0.39, 0.29) is 86.0 Å². The van der Waals surface area contributed by atoms with Crippen LogP contribution in [0.5, 0.6) is 5.75 Å². The SMILES string of the molecule is C.C.C.C=C1CCO[C@]12CC[C@H]1[C@@H]3CC[C@@]4(O)CC5(CCC4=C3[C@@H](c3ccc(OC4CCCCO4)cc3)C[C@@]12C)OCCO5.S.S.S. The maximum absolute atomic E-state index is 12.3. The largest absolute Gasteiger partial charge is 0.465 e. The van der Waals surface area contributed by atoms with E-state index >= 15 is 0 Å². The number of hydrogen-bond acceptors (Lipinski definition) is 6. The van der Waals surface area contributed by atoms with Crippen LogP contribution >= 0.6 is 40.5 Å². The summed E-state index contributed by atoms with van der Waals surface area (Å²) in [4.78, 5) is 0. The van der Waals surface area contributed by atoms with Gasteiger partial charge in [0, 0.05) is 30.6 Å². The van der Waals surface area contributed by atoms with E-state index < -0.39 is 11.4 Å². The van der Waals surface area contributed by atoms with Crippen molar-refractivity contribution in [2.75, 3.05) is 26.4 Å². The number of benzene rings is 1. The van der Waals surface area contributed by atoms with Crippen molar-refractivity contribution < 1.29 is 28.8 Å². The van der Waals surface area contributed by atoms with Gasteiger partial charge in [0.2, 0.25) is 0 Å². The van der Waals surface area contributed by atoms with Gasteiger partial charge >= 0.3 is 0 Å². The lowest BCUT2D eigenvalue weighted by Crippen LogP contribution is -2.55. The predicted molar refractivity (Wildman–Crippen MR) is 206 cm³/mol. The minimum Gasteiger partial charge on any atom is -0.465 e. The molecule has 0 aromatic heterocycles. The lowest BCUT2D eigenvalue weighted by molar-refractivity contribution is -0.208. The van der Waals surface area contributed by atoms with Gasteiger partial charge in [0.1, 0.15) is 5.75 Å². The zero-order valence-electron chi connectivity index (χ0n) is 26.1. The highest BCUT2D eigenvalue weighted by Gasteiger charge is 2.67. The second-order valence-corrected chi connectivity index (χ2v) is 14.2. The Labute approximate surface area is 306 Å². The molecule has 3 saturated heterocycles. The summed E-state index contributed by atoms with van der Waals surface area (Å²) < 4.78 is 31.0. The maximum atomic E-state index is 12.3. The summed E-state index contributed by atoms with van der Waals surface area (Å²) in [7, 11) is 0. The Morgan fingerprint density at radius 1 is 0.830 bits per heavy atom. The number of ether oxygens (including phenoxy) is 5. The van der Waals surface area contributed by atoms with E-state index in [9.17, 15) is 5.11 Å². The van der Waals surface area contributed by atoms with E-state index in [1.54, 1.807) is 0 Å². The van der Waals surface area contributed by atoms with Crippen LogP contribution in [0.4, 0.5) is 0 Å². The average molecular weight is 713 g/mol. The van der Waals surface area contributed by atoms with Crippen LogP contribution in [0.1, 0.15) is 118 Å². The molecule has 6 nitrogen and oxygen atoms in total. The van der Waals surface area contributed by atoms with Crippen molar-refractivity contribution >= 4 is 40.5 Å². The van der Waals surface area contributed by atoms with E-state index in [0.29, 0.717) is 31.5 Å². The van der Waals surface area contributed by atoms with Crippen LogP contribution in [0.3, 0.4) is 0 Å². The Morgan fingerprint density at radius 2 is 1.55 bits per heavy atom. The van der Waals surface area contributed by atoms with Crippen LogP contribution in [0.2, 0.25) is 0 Å². The molecule has 0 radical (unpaired) electrons. The van der Waals surface area contributed by atoms with Crippen LogP contribution in [-0.4, -0.2) is 54.8 Å². The molecule has 1 aromatic rings. The van der Waals surface area contributed by atoms with Crippen molar-refractivity contribution in [2.24, 2.45) is 17.3 Å². The molecule has 47 heavy (non-hydrogen) atoms. The van der Waals surface area contributed by atoms with E-state index in [0.717, 1.165) is 83.2 Å². The molecule has 4 aliphatic carbocycles. The average Bonchev–Trinajstić information content (AvgIpc) is 3.67. The molecule has 3 heterocycles. The molecule has 0 bridgehead atoms. The molecule has 1 unspecified atom stereocenters. The first kappa shape index (κ1) is 42.5. The minimum absolute atomic E-state index is 0. The van der Waals surface area contributed by atoms with Gasteiger partial charge in [-0.05, 0) is 98.5 Å². The highest BCUT2D eigenvalue weighted by molar-refractivity contribution is 7.59. The summed E-state index contributed by atoms with van der Waals surface area (Å²) in [5, 5.41) is 12.3. The first-order chi connectivity index (χ1) is 19.8. The maximum Gasteiger partial charge on any atom is 0.199 e. The lowest BCUT2D eigenvalue weighted by atomic mass is 9.49. The van der Waals surface area contributed by atoms with Crippen LogP contribution in [0.15, 0.2) is 47.6 Å². The topological polar surface area (TPSA) is 66.4 Å². The van der Waals surface area contributed by atoms with Crippen molar-refractivity contribution in [1.29, 1.82) is 0 Å². The van der Waals surface area contributed by atoms with Gasteiger partial charge in [0.15, 0.2) is 12.1 Å². The third-order valence-electron chi connectivity index (χ3n) is 12.4. The summed E-state index contributed by atoms with van der Waals surface area (Å²) in [6, 6.07) is 8.79. The molecule has 8 rings (SSSR count). The Morgan fingerprint density at radius 3 is 2.19 bits per heavy atom. The van der Waals surface area contributed by atoms with Gasteiger partial charge in [0.05, 0.1) is 37.6 Å². The second kappa shape index (κ2) is 15.7. The molecule has 1 aromatic carbocycles. The third-order valence-corrected chi connectivity index (χ3v) is 12.4. The molecule has 7 atom stereocenters. The van der Waals surface area contributed by atoms with Crippen molar-refractivity contribution in [3.05, 3.63) is 53.1 Å². The summed E-state index contributed by atoms with van der Waals surface area (Å²) >= 11 is 0. The molecule has 0 amide bonds. The first-order valence-electron chi connectivity index (χ1n) is 16.3. The van der Waals surface area contributed by atoms with Gasteiger partial charge in [-0.1, -0.05) is 53.5 Å². The van der Waals surface area contributed by atoms with Gasteiger partial charge in [0.25, 0.3) is 0 Å². The minimum atomic E-state index is -0.856. The normalized spacial score (nSPS) is 37.8. The lowest BCUT2D eigenvalue weighted by Gasteiger charge is -2.58. The molecular formula is C38H64O6S3. The molecule has 1 N–H and O–H groups in total. The number of rotatable bonds is 3. The summed E-state index contributed by atoms with van der Waals surface area (Å²) in [6.07, 6.45) is 11.3. The standard InChI is InChI=1S/C35H46O6.3CH4.3H2S/c1-23-13-18-40-35(23)16-12-28-26-10-14-33(36)22-34(38-19-20-39-34)15-11-29(33)31(26)27(21-32(28,35)2)24-6-8-25(9-7-24)41-30-5-3-4-17-37-30;;;;;;/h6-9,26-28,30,36H,1,3-5,10-22H2,2H3;3*1H4;3*1H2/t26-,27+,28-,30?,32-,33+,35+;;;;;;/m0....../s1. The van der Waals surface area contributed by atoms with E-state index in [1.165, 1.54) is 28.7 Å². The van der Waals surface area contributed by atoms with Crippen LogP contribution in [0.25, 0.3) is 0 Å². The molecule has 3 aliphatic heterocycles. The zero-order valence-corrected chi connectivity index (χ0v) is 29.1. The van der Waals surface area contributed by atoms with Gasteiger partial charge < -0.3 is 28.8 Å². The fourth-order valence-electron chi connectivity index (χ4n) is 10.5. The van der Waals surface area contributed by atoms with Crippen LogP contribution in [0, 0.1) is 17.3 Å². The Hall–Kier alpha value is -0.650. The monoisotopic (exact) mass is 712 g/mol. The molecule has 2 spiro atoms. The van der Waals surface area contributed by atoms with Gasteiger partial charge in [-0.15, -0.1) is 0 Å². The van der Waals surface area contributed by atoms with Crippen molar-refractivity contribution in [2.45, 2.75) is 135 Å². The van der Waals surface area contributed by atoms with Crippen molar-refractivity contribution in [3.8, 4) is 5.75 Å². The smallest absolute Gasteiger partial charge is 0.199 e. The quantitative estimate of drug-likeness (QED) is 0.316. The molecular weight excluding hydrogens is 649 g/mol. The fourth-order valence-corrected chi connectivity index (χ4v) is 10.5. The number of aliphatic hydroxyl groups is 1. The molecule has 6 fully saturated rings. The van der Waals surface area contributed by atoms with Gasteiger partial charge in [-0.25, -0.2) is 0 Å². The van der Waals surface area contributed by atoms with Crippen LogP contribution in [-0.2, 0) is 18.9 Å². The Balaban J connectivity index is 0.00000128. The Bertz CT molecular complexity index is 1240. The van der Waals surface area contributed by atoms with Crippen molar-refractivity contribution in [3.63, 3.8) is 0 Å². The molecule has 9 heteroatoms. The third kappa shape index (κ3) is 6.63. The predicted octanol–water partition coefficient (Wildman–Crippen LogP) is 8.82. The number of allylic oxidation sites excluding steroid dienone is 1. The summed E-state index contributed by atoms with van der Waals surface area (Å²) in [6.45, 7) is 9.90. The summed E-state index contributed by atoms with van der Waals surface area (Å²) in [5.41, 5.74) is 4.37. The fraction of sp³-hybridized carbons (Fsp3) is 0.737. The van der Waals surface area contributed by atoms with Crippen LogP contribution < -0.4 is 4.74 Å². The summed E-state index contributed by atoms with van der Waals surface area (Å²) in [5.74, 6) is 1.49. The van der Waals surface area contributed by atoms with Crippen molar-refractivity contribution in [1.82, 2.24) is 0 Å². The zero-order chi connectivity index (χ0) is 27.9. The number of fused-ring (bicyclic) bond motifs is 5. The first-order valence-corrected chi connectivity index (χ1v) is 16.3. The highest BCUT2D eigenvalue weighted by atomic mass is 32.1. The highest BCUT2D eigenvalue weighted by Crippen LogP contribution is 2.70. The Kier molecular flexibility index (Phi) is 14.2. The molecule has 3 saturated carbocycles. The van der Waals surface area contributed by atoms with Gasteiger partial charge in [-0.2, -0.15) is 40.5 Å². The van der Waals surface area contributed by atoms with Gasteiger partial charge in [-0.3, -0.25) is 0 Å². The molecule has 7 aliphatic rings. The second-order valence-electron chi connectivity index (χ2n) is 14.2. The number of hydrogen-bond donors (Lipinski definition) is 1. The molecule has 270 valence electrons. The van der Waals surface area contributed by atoms with E-state index in [4.69, 9.17) is 23.7 Å². The van der Waals surface area contributed by atoms with E-state index in [2.05, 4.69) is 37.8 Å².